The SMILES string of the molecule is Cc1ccc(-c2cnc(N)cc2C)cc1. The molecule has 2 N–H and O–H groups in total. The van der Waals surface area contributed by atoms with Crippen molar-refractivity contribution >= 4 is 5.82 Å². The van der Waals surface area contributed by atoms with E-state index in [1.54, 1.807) is 0 Å². The fourth-order valence-electron chi connectivity index (χ4n) is 1.61. The van der Waals surface area contributed by atoms with Crippen molar-refractivity contribution in [3.63, 3.8) is 0 Å². The Morgan fingerprint density at radius 2 is 1.73 bits per heavy atom. The highest BCUT2D eigenvalue weighted by molar-refractivity contribution is 5.67. The topological polar surface area (TPSA) is 38.9 Å². The third-order valence-corrected chi connectivity index (χ3v) is 2.49. The average molecular weight is 198 g/mol. The third-order valence-electron chi connectivity index (χ3n) is 2.49. The summed E-state index contributed by atoms with van der Waals surface area (Å²) in [7, 11) is 0. The molecule has 15 heavy (non-hydrogen) atoms. The van der Waals surface area contributed by atoms with Gasteiger partial charge in [0.25, 0.3) is 0 Å². The zero-order chi connectivity index (χ0) is 10.8. The van der Waals surface area contributed by atoms with Crippen molar-refractivity contribution in [3.05, 3.63) is 47.7 Å². The molecule has 0 atom stereocenters. The number of aryl methyl sites for hydroxylation is 2. The molecule has 0 amide bonds. The van der Waals surface area contributed by atoms with Gasteiger partial charge in [-0.25, -0.2) is 4.98 Å². The molecule has 0 spiro atoms. The second-order valence-corrected chi connectivity index (χ2v) is 3.79. The van der Waals surface area contributed by atoms with Crippen LogP contribution in [-0.4, -0.2) is 4.98 Å². The summed E-state index contributed by atoms with van der Waals surface area (Å²) in [5.41, 5.74) is 10.4. The predicted molar refractivity (Wildman–Crippen MR) is 63.6 cm³/mol. The van der Waals surface area contributed by atoms with Gasteiger partial charge in [0.15, 0.2) is 0 Å². The van der Waals surface area contributed by atoms with Gasteiger partial charge < -0.3 is 5.73 Å². The molecule has 0 saturated carbocycles. The lowest BCUT2D eigenvalue weighted by Gasteiger charge is -2.06. The molecule has 2 heteroatoms. The van der Waals surface area contributed by atoms with Crippen LogP contribution in [0.2, 0.25) is 0 Å². The van der Waals surface area contributed by atoms with E-state index in [0.29, 0.717) is 5.82 Å². The van der Waals surface area contributed by atoms with E-state index < -0.39 is 0 Å². The van der Waals surface area contributed by atoms with Crippen molar-refractivity contribution in [2.75, 3.05) is 5.73 Å². The van der Waals surface area contributed by atoms with E-state index in [4.69, 9.17) is 5.73 Å². The maximum atomic E-state index is 5.62. The molecule has 2 aromatic rings. The number of hydrogen-bond donors (Lipinski definition) is 1. The summed E-state index contributed by atoms with van der Waals surface area (Å²) in [6.45, 7) is 4.13. The minimum absolute atomic E-state index is 0.573. The maximum Gasteiger partial charge on any atom is 0.123 e. The lowest BCUT2D eigenvalue weighted by Crippen LogP contribution is -1.92. The Balaban J connectivity index is 2.49. The number of nitrogen functional groups attached to an aromatic ring is 1. The van der Waals surface area contributed by atoms with E-state index in [9.17, 15) is 0 Å². The Kier molecular flexibility index (Phi) is 2.42. The van der Waals surface area contributed by atoms with Crippen LogP contribution in [0.1, 0.15) is 11.1 Å². The van der Waals surface area contributed by atoms with Crippen molar-refractivity contribution < 1.29 is 0 Å². The normalized spacial score (nSPS) is 10.3. The first-order chi connectivity index (χ1) is 7.16. The van der Waals surface area contributed by atoms with E-state index in [2.05, 4.69) is 36.2 Å². The van der Waals surface area contributed by atoms with Gasteiger partial charge in [0.1, 0.15) is 5.82 Å². The molecule has 0 aliphatic rings. The van der Waals surface area contributed by atoms with Gasteiger partial charge in [-0.1, -0.05) is 29.8 Å². The van der Waals surface area contributed by atoms with E-state index in [1.165, 1.54) is 11.1 Å². The highest BCUT2D eigenvalue weighted by atomic mass is 14.8. The minimum Gasteiger partial charge on any atom is -0.384 e. The largest absolute Gasteiger partial charge is 0.384 e. The Bertz CT molecular complexity index is 472. The first-order valence-corrected chi connectivity index (χ1v) is 4.96. The number of nitrogens with zero attached hydrogens (tertiary/aromatic N) is 1. The summed E-state index contributed by atoms with van der Waals surface area (Å²) in [5.74, 6) is 0.573. The van der Waals surface area contributed by atoms with Crippen LogP contribution in [0.3, 0.4) is 0 Å². The van der Waals surface area contributed by atoms with Gasteiger partial charge in [-0.15, -0.1) is 0 Å². The molecule has 2 nitrogen and oxygen atoms in total. The van der Waals surface area contributed by atoms with Gasteiger partial charge >= 0.3 is 0 Å². The molecule has 0 fully saturated rings. The van der Waals surface area contributed by atoms with Crippen LogP contribution in [0, 0.1) is 13.8 Å². The van der Waals surface area contributed by atoms with Gasteiger partial charge in [0.05, 0.1) is 0 Å². The highest BCUT2D eigenvalue weighted by Crippen LogP contribution is 2.23. The lowest BCUT2D eigenvalue weighted by atomic mass is 10.0. The highest BCUT2D eigenvalue weighted by Gasteiger charge is 2.02. The molecule has 1 aromatic heterocycles. The predicted octanol–water partition coefficient (Wildman–Crippen LogP) is 2.95. The fourth-order valence-corrected chi connectivity index (χ4v) is 1.61. The summed E-state index contributed by atoms with van der Waals surface area (Å²) in [6.07, 6.45) is 1.83. The van der Waals surface area contributed by atoms with E-state index in [-0.39, 0.29) is 0 Å². The molecule has 0 saturated heterocycles. The summed E-state index contributed by atoms with van der Waals surface area (Å²) in [6, 6.07) is 10.3. The molecule has 0 unspecified atom stereocenters. The van der Waals surface area contributed by atoms with E-state index in [0.717, 1.165) is 11.1 Å². The maximum absolute atomic E-state index is 5.62. The summed E-state index contributed by atoms with van der Waals surface area (Å²) in [5, 5.41) is 0. The lowest BCUT2D eigenvalue weighted by molar-refractivity contribution is 1.29. The van der Waals surface area contributed by atoms with Crippen LogP contribution in [0.25, 0.3) is 11.1 Å². The van der Waals surface area contributed by atoms with Gasteiger partial charge in [0, 0.05) is 11.8 Å². The molecule has 1 aromatic carbocycles. The molecule has 0 aliphatic heterocycles. The first kappa shape index (κ1) is 9.71. The second-order valence-electron chi connectivity index (χ2n) is 3.79. The molecular weight excluding hydrogens is 184 g/mol. The second kappa shape index (κ2) is 3.73. The van der Waals surface area contributed by atoms with Gasteiger partial charge in [-0.3, -0.25) is 0 Å². The number of nitrogens with two attached hydrogens (primary N) is 1. The van der Waals surface area contributed by atoms with E-state index in [1.807, 2.05) is 19.2 Å². The van der Waals surface area contributed by atoms with Crippen molar-refractivity contribution in [2.24, 2.45) is 0 Å². The first-order valence-electron chi connectivity index (χ1n) is 4.96. The van der Waals surface area contributed by atoms with Gasteiger partial charge in [-0.2, -0.15) is 0 Å². The Morgan fingerprint density at radius 1 is 1.07 bits per heavy atom. The standard InChI is InChI=1S/C13H14N2/c1-9-3-5-11(6-4-9)12-8-15-13(14)7-10(12)2/h3-8H,1-2H3,(H2,14,15). The fraction of sp³-hybridized carbons (Fsp3) is 0.154. The van der Waals surface area contributed by atoms with Gasteiger partial charge in [0.2, 0.25) is 0 Å². The van der Waals surface area contributed by atoms with Crippen LogP contribution in [0.5, 0.6) is 0 Å². The van der Waals surface area contributed by atoms with E-state index >= 15 is 0 Å². The molecule has 2 rings (SSSR count). The number of aromatic nitrogens is 1. The monoisotopic (exact) mass is 198 g/mol. The molecule has 0 bridgehead atoms. The Labute approximate surface area is 89.8 Å². The number of benzene rings is 1. The Morgan fingerprint density at radius 3 is 2.33 bits per heavy atom. The quantitative estimate of drug-likeness (QED) is 0.765. The summed E-state index contributed by atoms with van der Waals surface area (Å²) < 4.78 is 0. The number of anilines is 1. The van der Waals surface area contributed by atoms with Crippen LogP contribution < -0.4 is 5.73 Å². The van der Waals surface area contributed by atoms with Crippen LogP contribution in [-0.2, 0) is 0 Å². The zero-order valence-corrected chi connectivity index (χ0v) is 8.99. The minimum atomic E-state index is 0.573. The van der Waals surface area contributed by atoms with Crippen LogP contribution in [0.4, 0.5) is 5.82 Å². The number of hydrogen-bond acceptors (Lipinski definition) is 2. The third kappa shape index (κ3) is 1.99. The molecule has 0 radical (unpaired) electrons. The van der Waals surface area contributed by atoms with Crippen LogP contribution in [0.15, 0.2) is 36.5 Å². The van der Waals surface area contributed by atoms with Crippen molar-refractivity contribution in [3.8, 4) is 11.1 Å². The van der Waals surface area contributed by atoms with Crippen LogP contribution >= 0.6 is 0 Å². The molecule has 0 aliphatic carbocycles. The smallest absolute Gasteiger partial charge is 0.123 e. The zero-order valence-electron chi connectivity index (χ0n) is 8.99. The summed E-state index contributed by atoms with van der Waals surface area (Å²) in [4.78, 5) is 4.12. The molecule has 1 heterocycles. The Hall–Kier alpha value is -1.83. The summed E-state index contributed by atoms with van der Waals surface area (Å²) >= 11 is 0. The van der Waals surface area contributed by atoms with Crippen molar-refractivity contribution in [1.82, 2.24) is 4.98 Å². The number of pyridine rings is 1. The molecule has 76 valence electrons. The van der Waals surface area contributed by atoms with Crippen molar-refractivity contribution in [2.45, 2.75) is 13.8 Å². The van der Waals surface area contributed by atoms with Gasteiger partial charge in [-0.05, 0) is 31.0 Å². The average Bonchev–Trinajstić information content (AvgIpc) is 2.20. The number of rotatable bonds is 1. The van der Waals surface area contributed by atoms with Crippen molar-refractivity contribution in [1.29, 1.82) is 0 Å². The molecular formula is C13H14N2.